The molecule has 6 nitrogen and oxygen atoms in total. The lowest BCUT2D eigenvalue weighted by atomic mass is 10.1. The Kier molecular flexibility index (Phi) is 8.37. The fraction of sp³-hybridized carbons (Fsp3) is 0.538. The summed E-state index contributed by atoms with van der Waals surface area (Å²) >= 11 is 0. The van der Waals surface area contributed by atoms with Crippen molar-refractivity contribution < 1.29 is 14.3 Å². The van der Waals surface area contributed by atoms with E-state index in [9.17, 15) is 9.59 Å². The number of benzene rings is 1. The highest BCUT2D eigenvalue weighted by molar-refractivity contribution is 5.97. The fourth-order valence-electron chi connectivity index (χ4n) is 3.72. The molecule has 2 amide bonds. The number of hydrogen-bond donors (Lipinski definition) is 0. The van der Waals surface area contributed by atoms with E-state index >= 15 is 0 Å². The van der Waals surface area contributed by atoms with Gasteiger partial charge in [-0.25, -0.2) is 0 Å². The molecule has 1 aromatic carbocycles. The van der Waals surface area contributed by atoms with E-state index in [4.69, 9.17) is 4.74 Å². The van der Waals surface area contributed by atoms with Crippen LogP contribution in [0.2, 0.25) is 0 Å². The molecule has 1 saturated carbocycles. The SMILES string of the molecule is CCCCOc1ccc(C(=O)N(CC(=O)N(Cc2cccn2C)C2CC2)C(C)CC)cc1. The third-order valence-corrected chi connectivity index (χ3v) is 6.25. The number of nitrogens with zero attached hydrogens (tertiary/aromatic N) is 3. The monoisotopic (exact) mass is 439 g/mol. The molecular formula is C26H37N3O3. The van der Waals surface area contributed by atoms with Crippen LogP contribution in [0.4, 0.5) is 0 Å². The Labute approximate surface area is 192 Å². The molecule has 0 aliphatic heterocycles. The van der Waals surface area contributed by atoms with Crippen molar-refractivity contribution in [3.63, 3.8) is 0 Å². The van der Waals surface area contributed by atoms with Gasteiger partial charge in [0.2, 0.25) is 5.91 Å². The van der Waals surface area contributed by atoms with E-state index < -0.39 is 0 Å². The van der Waals surface area contributed by atoms with Crippen molar-refractivity contribution in [1.82, 2.24) is 14.4 Å². The predicted octanol–water partition coefficient (Wildman–Crippen LogP) is 4.64. The largest absolute Gasteiger partial charge is 0.494 e. The molecule has 1 unspecified atom stereocenters. The molecule has 2 aromatic rings. The summed E-state index contributed by atoms with van der Waals surface area (Å²) in [6.45, 7) is 7.53. The molecule has 1 fully saturated rings. The van der Waals surface area contributed by atoms with Gasteiger partial charge in [0.15, 0.2) is 0 Å². The highest BCUT2D eigenvalue weighted by atomic mass is 16.5. The van der Waals surface area contributed by atoms with Crippen molar-refractivity contribution in [2.75, 3.05) is 13.2 Å². The fourth-order valence-corrected chi connectivity index (χ4v) is 3.72. The van der Waals surface area contributed by atoms with Crippen LogP contribution in [-0.4, -0.2) is 51.4 Å². The summed E-state index contributed by atoms with van der Waals surface area (Å²) in [7, 11) is 2.00. The Morgan fingerprint density at radius 1 is 1.16 bits per heavy atom. The van der Waals surface area contributed by atoms with Crippen LogP contribution in [0, 0.1) is 0 Å². The van der Waals surface area contributed by atoms with Crippen molar-refractivity contribution in [3.05, 3.63) is 53.9 Å². The highest BCUT2D eigenvalue weighted by Gasteiger charge is 2.35. The summed E-state index contributed by atoms with van der Waals surface area (Å²) in [5.74, 6) is 0.674. The number of rotatable bonds is 12. The molecule has 0 radical (unpaired) electrons. The average molecular weight is 440 g/mol. The predicted molar refractivity (Wildman–Crippen MR) is 127 cm³/mol. The zero-order valence-electron chi connectivity index (χ0n) is 19.9. The lowest BCUT2D eigenvalue weighted by molar-refractivity contribution is -0.133. The molecule has 174 valence electrons. The molecular weight excluding hydrogens is 402 g/mol. The zero-order chi connectivity index (χ0) is 23.1. The van der Waals surface area contributed by atoms with E-state index in [1.807, 2.05) is 60.8 Å². The van der Waals surface area contributed by atoms with Crippen LogP contribution in [0.1, 0.15) is 68.9 Å². The third kappa shape index (κ3) is 6.15. The number of hydrogen-bond acceptors (Lipinski definition) is 3. The van der Waals surface area contributed by atoms with E-state index in [-0.39, 0.29) is 30.4 Å². The van der Waals surface area contributed by atoms with E-state index in [1.54, 1.807) is 17.0 Å². The van der Waals surface area contributed by atoms with Gasteiger partial charge in [-0.3, -0.25) is 9.59 Å². The van der Waals surface area contributed by atoms with Crippen LogP contribution in [0.3, 0.4) is 0 Å². The second-order valence-corrected chi connectivity index (χ2v) is 8.78. The van der Waals surface area contributed by atoms with Crippen LogP contribution >= 0.6 is 0 Å². The Morgan fingerprint density at radius 3 is 2.44 bits per heavy atom. The normalized spacial score (nSPS) is 14.1. The second-order valence-electron chi connectivity index (χ2n) is 8.78. The molecule has 0 spiro atoms. The summed E-state index contributed by atoms with van der Waals surface area (Å²) in [6.07, 6.45) is 6.94. The standard InChI is InChI=1S/C26H37N3O3/c1-5-7-17-32-24-14-10-21(11-15-24)26(31)28(20(3)6-2)19-25(30)29(22-12-13-22)18-23-9-8-16-27(23)4/h8-11,14-16,20,22H,5-7,12-13,17-19H2,1-4H3. The first-order valence-corrected chi connectivity index (χ1v) is 11.9. The first-order chi connectivity index (χ1) is 15.4. The summed E-state index contributed by atoms with van der Waals surface area (Å²) in [5.41, 5.74) is 1.69. The Morgan fingerprint density at radius 2 is 1.88 bits per heavy atom. The molecule has 1 heterocycles. The minimum Gasteiger partial charge on any atom is -0.494 e. The smallest absolute Gasteiger partial charge is 0.254 e. The molecule has 1 aliphatic carbocycles. The summed E-state index contributed by atoms with van der Waals surface area (Å²) in [6, 6.07) is 11.6. The van der Waals surface area contributed by atoms with Crippen LogP contribution in [-0.2, 0) is 18.4 Å². The van der Waals surface area contributed by atoms with E-state index in [0.717, 1.165) is 43.5 Å². The van der Waals surface area contributed by atoms with Crippen molar-refractivity contribution in [2.45, 2.75) is 71.5 Å². The quantitative estimate of drug-likeness (QED) is 0.453. The van der Waals surface area contributed by atoms with Gasteiger partial charge in [-0.15, -0.1) is 0 Å². The maximum absolute atomic E-state index is 13.3. The van der Waals surface area contributed by atoms with Gasteiger partial charge in [0, 0.05) is 36.6 Å². The molecule has 1 aromatic heterocycles. The molecule has 3 rings (SSSR count). The van der Waals surface area contributed by atoms with Crippen molar-refractivity contribution in [2.24, 2.45) is 7.05 Å². The van der Waals surface area contributed by atoms with Crippen LogP contribution < -0.4 is 4.74 Å². The van der Waals surface area contributed by atoms with Gasteiger partial charge in [-0.1, -0.05) is 20.3 Å². The highest BCUT2D eigenvalue weighted by Crippen LogP contribution is 2.29. The molecule has 0 saturated heterocycles. The first-order valence-electron chi connectivity index (χ1n) is 11.9. The van der Waals surface area contributed by atoms with Gasteiger partial charge in [0.25, 0.3) is 5.91 Å². The van der Waals surface area contributed by atoms with E-state index in [0.29, 0.717) is 18.7 Å². The summed E-state index contributed by atoms with van der Waals surface area (Å²) < 4.78 is 7.76. The third-order valence-electron chi connectivity index (χ3n) is 6.25. The number of unbranched alkanes of at least 4 members (excludes halogenated alkanes) is 1. The first kappa shape index (κ1) is 23.9. The minimum absolute atomic E-state index is 0.0156. The van der Waals surface area contributed by atoms with Crippen molar-refractivity contribution >= 4 is 11.8 Å². The van der Waals surface area contributed by atoms with Crippen molar-refractivity contribution in [1.29, 1.82) is 0 Å². The average Bonchev–Trinajstić information content (AvgIpc) is 3.56. The topological polar surface area (TPSA) is 54.8 Å². The van der Waals surface area contributed by atoms with Gasteiger partial charge in [0.1, 0.15) is 12.3 Å². The van der Waals surface area contributed by atoms with E-state index in [1.165, 1.54) is 0 Å². The number of amides is 2. The van der Waals surface area contributed by atoms with Gasteiger partial charge in [-0.2, -0.15) is 0 Å². The van der Waals surface area contributed by atoms with Crippen LogP contribution in [0.15, 0.2) is 42.6 Å². The lowest BCUT2D eigenvalue weighted by Crippen LogP contribution is -2.47. The molecule has 32 heavy (non-hydrogen) atoms. The Bertz CT molecular complexity index is 886. The van der Waals surface area contributed by atoms with Gasteiger partial charge < -0.3 is 19.1 Å². The number of aryl methyl sites for hydroxylation is 1. The zero-order valence-corrected chi connectivity index (χ0v) is 19.9. The molecule has 6 heteroatoms. The number of ether oxygens (including phenoxy) is 1. The molecule has 0 N–H and O–H groups in total. The molecule has 0 bridgehead atoms. The van der Waals surface area contributed by atoms with Gasteiger partial charge in [0.05, 0.1) is 13.2 Å². The van der Waals surface area contributed by atoms with E-state index in [2.05, 4.69) is 6.92 Å². The Hall–Kier alpha value is -2.76. The number of carbonyl (C=O) groups is 2. The number of carbonyl (C=O) groups excluding carboxylic acids is 2. The minimum atomic E-state index is -0.109. The second kappa shape index (κ2) is 11.2. The Balaban J connectivity index is 1.70. The summed E-state index contributed by atoms with van der Waals surface area (Å²) in [5, 5.41) is 0. The maximum atomic E-state index is 13.3. The van der Waals surface area contributed by atoms with Gasteiger partial charge >= 0.3 is 0 Å². The van der Waals surface area contributed by atoms with Crippen LogP contribution in [0.25, 0.3) is 0 Å². The van der Waals surface area contributed by atoms with Crippen LogP contribution in [0.5, 0.6) is 5.75 Å². The lowest BCUT2D eigenvalue weighted by Gasteiger charge is -2.31. The molecule has 1 aliphatic rings. The summed E-state index contributed by atoms with van der Waals surface area (Å²) in [4.78, 5) is 30.3. The van der Waals surface area contributed by atoms with Gasteiger partial charge in [-0.05, 0) is 69.0 Å². The van der Waals surface area contributed by atoms with Crippen molar-refractivity contribution in [3.8, 4) is 5.75 Å². The molecule has 1 atom stereocenters. The number of aromatic nitrogens is 1. The maximum Gasteiger partial charge on any atom is 0.254 e.